The van der Waals surface area contributed by atoms with Crippen molar-refractivity contribution in [3.05, 3.63) is 54.6 Å². The third kappa shape index (κ3) is 4.46. The number of aromatic nitrogens is 3. The van der Waals surface area contributed by atoms with Gasteiger partial charge in [0, 0.05) is 37.4 Å². The number of rotatable bonds is 5. The molecule has 0 spiro atoms. The van der Waals surface area contributed by atoms with Crippen LogP contribution in [0.25, 0.3) is 10.9 Å². The fraction of sp³-hybridized carbons (Fsp3) is 0.435. The Morgan fingerprint density at radius 2 is 2.00 bits per heavy atom. The highest BCUT2D eigenvalue weighted by molar-refractivity contribution is 6.07. The predicted octanol–water partition coefficient (Wildman–Crippen LogP) is 3.11. The van der Waals surface area contributed by atoms with Gasteiger partial charge in [-0.25, -0.2) is 9.97 Å². The molecule has 30 heavy (non-hydrogen) atoms. The SMILES string of the molecule is CC(C)(C)[C@@H](Cn1ccnc1)NC(=O)c1cc(N2CCOCC2)nc2ccccc12. The van der Waals surface area contributed by atoms with Crippen molar-refractivity contribution in [3.8, 4) is 0 Å². The van der Waals surface area contributed by atoms with Crippen LogP contribution in [0.2, 0.25) is 0 Å². The average Bonchev–Trinajstić information content (AvgIpc) is 3.25. The van der Waals surface area contributed by atoms with Crippen LogP contribution in [0.3, 0.4) is 0 Å². The number of carbonyl (C=O) groups excluding carboxylic acids is 1. The molecule has 3 aromatic rings. The van der Waals surface area contributed by atoms with Gasteiger partial charge in [-0.15, -0.1) is 0 Å². The van der Waals surface area contributed by atoms with E-state index in [-0.39, 0.29) is 17.4 Å². The molecule has 0 radical (unpaired) electrons. The molecule has 1 saturated heterocycles. The van der Waals surface area contributed by atoms with Gasteiger partial charge in [0.15, 0.2) is 0 Å². The minimum atomic E-state index is -0.115. The lowest BCUT2D eigenvalue weighted by Gasteiger charge is -2.32. The Balaban J connectivity index is 1.67. The van der Waals surface area contributed by atoms with Crippen LogP contribution in [-0.2, 0) is 11.3 Å². The van der Waals surface area contributed by atoms with Gasteiger partial charge in [0.25, 0.3) is 5.91 Å². The zero-order chi connectivity index (χ0) is 21.1. The van der Waals surface area contributed by atoms with Crippen LogP contribution < -0.4 is 10.2 Å². The molecule has 0 bridgehead atoms. The fourth-order valence-corrected chi connectivity index (χ4v) is 3.68. The molecule has 1 aromatic carbocycles. The molecule has 1 atom stereocenters. The fourth-order valence-electron chi connectivity index (χ4n) is 3.68. The second-order valence-electron chi connectivity index (χ2n) is 8.80. The Labute approximate surface area is 177 Å². The monoisotopic (exact) mass is 407 g/mol. The van der Waals surface area contributed by atoms with Crippen molar-refractivity contribution in [3.63, 3.8) is 0 Å². The zero-order valence-corrected chi connectivity index (χ0v) is 17.8. The standard InChI is InChI=1S/C23H29N5O2/c1-23(2,3)20(15-27-9-8-24-16-27)26-22(29)18-14-21(28-10-12-30-13-11-28)25-19-7-5-4-6-17(18)19/h4-9,14,16,20H,10-13,15H2,1-3H3,(H,26,29)/t20-/m1/s1. The molecule has 7 heteroatoms. The second-order valence-corrected chi connectivity index (χ2v) is 8.80. The Morgan fingerprint density at radius 3 is 2.70 bits per heavy atom. The quantitative estimate of drug-likeness (QED) is 0.704. The third-order valence-corrected chi connectivity index (χ3v) is 5.59. The van der Waals surface area contributed by atoms with Crippen LogP contribution in [0.5, 0.6) is 0 Å². The number of para-hydroxylation sites is 1. The number of amides is 1. The second kappa shape index (κ2) is 8.44. The van der Waals surface area contributed by atoms with Crippen molar-refractivity contribution in [1.82, 2.24) is 19.9 Å². The number of imidazole rings is 1. The maximum absolute atomic E-state index is 13.5. The summed E-state index contributed by atoms with van der Waals surface area (Å²) < 4.78 is 7.47. The molecule has 1 aliphatic heterocycles. The van der Waals surface area contributed by atoms with E-state index in [9.17, 15) is 4.79 Å². The summed E-state index contributed by atoms with van der Waals surface area (Å²) in [7, 11) is 0. The van der Waals surface area contributed by atoms with Gasteiger partial charge >= 0.3 is 0 Å². The number of nitrogens with zero attached hydrogens (tertiary/aromatic N) is 4. The maximum atomic E-state index is 13.5. The highest BCUT2D eigenvalue weighted by Gasteiger charge is 2.28. The molecule has 0 saturated carbocycles. The van der Waals surface area contributed by atoms with E-state index in [2.05, 4.69) is 36.0 Å². The van der Waals surface area contributed by atoms with Crippen LogP contribution in [0.4, 0.5) is 5.82 Å². The first-order valence-corrected chi connectivity index (χ1v) is 10.4. The molecule has 4 rings (SSSR count). The summed E-state index contributed by atoms with van der Waals surface area (Å²) in [5.74, 6) is 0.743. The van der Waals surface area contributed by atoms with E-state index in [1.807, 2.05) is 41.1 Å². The average molecular weight is 408 g/mol. The molecule has 0 unspecified atom stereocenters. The smallest absolute Gasteiger partial charge is 0.252 e. The number of carbonyl (C=O) groups is 1. The van der Waals surface area contributed by atoms with Crippen LogP contribution in [-0.4, -0.2) is 52.8 Å². The van der Waals surface area contributed by atoms with Crippen LogP contribution in [0.15, 0.2) is 49.1 Å². The summed E-state index contributed by atoms with van der Waals surface area (Å²) in [5.41, 5.74) is 1.37. The van der Waals surface area contributed by atoms with Crippen LogP contribution in [0.1, 0.15) is 31.1 Å². The summed E-state index contributed by atoms with van der Waals surface area (Å²) in [4.78, 5) is 24.6. The predicted molar refractivity (Wildman–Crippen MR) is 118 cm³/mol. The number of anilines is 1. The van der Waals surface area contributed by atoms with E-state index in [0.29, 0.717) is 25.3 Å². The molecule has 1 aliphatic rings. The Hall–Kier alpha value is -2.93. The van der Waals surface area contributed by atoms with Crippen molar-refractivity contribution in [2.24, 2.45) is 5.41 Å². The highest BCUT2D eigenvalue weighted by atomic mass is 16.5. The van der Waals surface area contributed by atoms with Crippen LogP contribution >= 0.6 is 0 Å². The number of fused-ring (bicyclic) bond motifs is 1. The number of morpholine rings is 1. The van der Waals surface area contributed by atoms with E-state index in [1.165, 1.54) is 0 Å². The van der Waals surface area contributed by atoms with E-state index >= 15 is 0 Å². The normalized spacial score (nSPS) is 15.9. The first kappa shape index (κ1) is 20.3. The lowest BCUT2D eigenvalue weighted by Crippen LogP contribution is -2.46. The van der Waals surface area contributed by atoms with Gasteiger partial charge in [-0.2, -0.15) is 0 Å². The van der Waals surface area contributed by atoms with Crippen molar-refractivity contribution in [2.75, 3.05) is 31.2 Å². The molecule has 2 aromatic heterocycles. The van der Waals surface area contributed by atoms with E-state index < -0.39 is 0 Å². The van der Waals surface area contributed by atoms with Gasteiger partial charge in [-0.1, -0.05) is 39.0 Å². The lowest BCUT2D eigenvalue weighted by molar-refractivity contribution is 0.0894. The molecule has 1 fully saturated rings. The van der Waals surface area contributed by atoms with Crippen molar-refractivity contribution < 1.29 is 9.53 Å². The lowest BCUT2D eigenvalue weighted by atomic mass is 9.86. The number of pyridine rings is 1. The van der Waals surface area contributed by atoms with Gasteiger partial charge < -0.3 is 19.5 Å². The highest BCUT2D eigenvalue weighted by Crippen LogP contribution is 2.26. The largest absolute Gasteiger partial charge is 0.378 e. The molecule has 0 aliphatic carbocycles. The summed E-state index contributed by atoms with van der Waals surface area (Å²) in [6, 6.07) is 9.68. The first-order chi connectivity index (χ1) is 14.4. The van der Waals surface area contributed by atoms with Gasteiger partial charge in [-0.05, 0) is 17.5 Å². The minimum absolute atomic E-state index is 0.0574. The number of hydrogen-bond donors (Lipinski definition) is 1. The minimum Gasteiger partial charge on any atom is -0.378 e. The van der Waals surface area contributed by atoms with Gasteiger partial charge in [-0.3, -0.25) is 4.79 Å². The molecular formula is C23H29N5O2. The molecule has 1 amide bonds. The van der Waals surface area contributed by atoms with Gasteiger partial charge in [0.05, 0.1) is 36.7 Å². The van der Waals surface area contributed by atoms with E-state index in [0.717, 1.165) is 29.8 Å². The number of nitrogens with one attached hydrogen (secondary N) is 1. The number of ether oxygens (including phenoxy) is 1. The molecular weight excluding hydrogens is 378 g/mol. The third-order valence-electron chi connectivity index (χ3n) is 5.59. The van der Waals surface area contributed by atoms with Crippen molar-refractivity contribution >= 4 is 22.6 Å². The maximum Gasteiger partial charge on any atom is 0.252 e. The van der Waals surface area contributed by atoms with E-state index in [4.69, 9.17) is 9.72 Å². The number of benzene rings is 1. The molecule has 158 valence electrons. The summed E-state index contributed by atoms with van der Waals surface area (Å²) >= 11 is 0. The van der Waals surface area contributed by atoms with Crippen LogP contribution in [0, 0.1) is 5.41 Å². The van der Waals surface area contributed by atoms with E-state index in [1.54, 1.807) is 12.5 Å². The summed E-state index contributed by atoms with van der Waals surface area (Å²) in [5, 5.41) is 4.14. The van der Waals surface area contributed by atoms with Crippen molar-refractivity contribution in [1.29, 1.82) is 0 Å². The molecule has 1 N–H and O–H groups in total. The Morgan fingerprint density at radius 1 is 1.23 bits per heavy atom. The number of hydrogen-bond acceptors (Lipinski definition) is 5. The summed E-state index contributed by atoms with van der Waals surface area (Å²) in [6.45, 7) is 9.97. The topological polar surface area (TPSA) is 72.3 Å². The van der Waals surface area contributed by atoms with Gasteiger partial charge in [0.2, 0.25) is 0 Å². The zero-order valence-electron chi connectivity index (χ0n) is 17.8. The van der Waals surface area contributed by atoms with Gasteiger partial charge in [0.1, 0.15) is 5.82 Å². The Kier molecular flexibility index (Phi) is 5.72. The first-order valence-electron chi connectivity index (χ1n) is 10.4. The molecule has 3 heterocycles. The Bertz CT molecular complexity index is 1000. The summed E-state index contributed by atoms with van der Waals surface area (Å²) in [6.07, 6.45) is 5.46. The van der Waals surface area contributed by atoms with Crippen molar-refractivity contribution in [2.45, 2.75) is 33.4 Å². The molecule has 7 nitrogen and oxygen atoms in total.